The monoisotopic (exact) mass is 257 g/mol. The summed E-state index contributed by atoms with van der Waals surface area (Å²) in [5, 5.41) is 16.2. The molecule has 1 aromatic heterocycles. The maximum absolute atomic E-state index is 11.6. The smallest absolute Gasteiger partial charge is 0.319 e. The number of hydrogen-bond acceptors (Lipinski definition) is 3. The molecule has 2 amide bonds. The van der Waals surface area contributed by atoms with Gasteiger partial charge in [-0.25, -0.2) is 4.79 Å². The van der Waals surface area contributed by atoms with E-state index in [9.17, 15) is 4.79 Å². The quantitative estimate of drug-likeness (QED) is 0.887. The van der Waals surface area contributed by atoms with Crippen LogP contribution in [-0.4, -0.2) is 6.03 Å². The second-order valence-corrected chi connectivity index (χ2v) is 4.58. The molecule has 0 saturated heterocycles. The van der Waals surface area contributed by atoms with Crippen molar-refractivity contribution < 1.29 is 4.79 Å². The highest BCUT2D eigenvalue weighted by atomic mass is 32.1. The molecule has 0 aliphatic carbocycles. The summed E-state index contributed by atoms with van der Waals surface area (Å²) >= 11 is 1.58. The Kier molecular flexibility index (Phi) is 3.94. The molecule has 0 radical (unpaired) electrons. The first-order valence-electron chi connectivity index (χ1n) is 5.36. The second-order valence-electron chi connectivity index (χ2n) is 3.54. The lowest BCUT2D eigenvalue weighted by Crippen LogP contribution is -2.28. The topological polar surface area (TPSA) is 64.9 Å². The number of carbonyl (C=O) groups is 1. The highest BCUT2D eigenvalue weighted by molar-refractivity contribution is 7.09. The minimum Gasteiger partial charge on any atom is -0.333 e. The van der Waals surface area contributed by atoms with Gasteiger partial charge in [-0.2, -0.15) is 5.26 Å². The zero-order chi connectivity index (χ0) is 12.8. The predicted octanol–water partition coefficient (Wildman–Crippen LogP) is 2.94. The van der Waals surface area contributed by atoms with Gasteiger partial charge in [-0.1, -0.05) is 18.2 Å². The van der Waals surface area contributed by atoms with Crippen LogP contribution in [0.2, 0.25) is 0 Å². The molecule has 2 aromatic rings. The first-order valence-corrected chi connectivity index (χ1v) is 6.24. The van der Waals surface area contributed by atoms with Crippen molar-refractivity contribution in [2.24, 2.45) is 0 Å². The zero-order valence-corrected chi connectivity index (χ0v) is 10.3. The molecule has 2 N–H and O–H groups in total. The van der Waals surface area contributed by atoms with E-state index in [1.165, 1.54) is 0 Å². The van der Waals surface area contributed by atoms with Crippen molar-refractivity contribution in [3.63, 3.8) is 0 Å². The van der Waals surface area contributed by atoms with Crippen molar-refractivity contribution in [3.05, 3.63) is 52.2 Å². The number of anilines is 1. The number of para-hydroxylation sites is 1. The third-order valence-corrected chi connectivity index (χ3v) is 3.18. The molecule has 18 heavy (non-hydrogen) atoms. The Morgan fingerprint density at radius 1 is 1.28 bits per heavy atom. The van der Waals surface area contributed by atoms with E-state index in [-0.39, 0.29) is 6.03 Å². The Labute approximate surface area is 109 Å². The largest absolute Gasteiger partial charge is 0.333 e. The molecule has 4 nitrogen and oxygen atoms in total. The maximum atomic E-state index is 11.6. The van der Waals surface area contributed by atoms with E-state index in [0.717, 1.165) is 4.88 Å². The van der Waals surface area contributed by atoms with E-state index >= 15 is 0 Å². The second kappa shape index (κ2) is 5.84. The Balaban J connectivity index is 1.93. The molecule has 2 rings (SSSR count). The Morgan fingerprint density at radius 3 is 2.83 bits per heavy atom. The van der Waals surface area contributed by atoms with Crippen LogP contribution in [-0.2, 0) is 6.54 Å². The van der Waals surface area contributed by atoms with Gasteiger partial charge in [-0.05, 0) is 23.6 Å². The van der Waals surface area contributed by atoms with Crippen molar-refractivity contribution in [1.29, 1.82) is 5.26 Å². The maximum Gasteiger partial charge on any atom is 0.319 e. The van der Waals surface area contributed by atoms with Crippen LogP contribution in [0.3, 0.4) is 0 Å². The van der Waals surface area contributed by atoms with Crippen molar-refractivity contribution in [2.45, 2.75) is 6.54 Å². The lowest BCUT2D eigenvalue weighted by Gasteiger charge is -2.07. The highest BCUT2D eigenvalue weighted by Crippen LogP contribution is 2.13. The van der Waals surface area contributed by atoms with Crippen LogP contribution in [0.25, 0.3) is 0 Å². The highest BCUT2D eigenvalue weighted by Gasteiger charge is 2.05. The Morgan fingerprint density at radius 2 is 2.11 bits per heavy atom. The number of thiophene rings is 1. The van der Waals surface area contributed by atoms with Crippen LogP contribution in [0.5, 0.6) is 0 Å². The van der Waals surface area contributed by atoms with Crippen molar-refractivity contribution in [1.82, 2.24) is 5.32 Å². The number of nitriles is 1. The van der Waals surface area contributed by atoms with Crippen LogP contribution in [0.1, 0.15) is 10.4 Å². The van der Waals surface area contributed by atoms with Crippen LogP contribution >= 0.6 is 11.3 Å². The third-order valence-electron chi connectivity index (χ3n) is 2.30. The average molecular weight is 257 g/mol. The summed E-state index contributed by atoms with van der Waals surface area (Å²) in [6.45, 7) is 0.484. The van der Waals surface area contributed by atoms with Gasteiger partial charge in [0.05, 0.1) is 17.8 Å². The van der Waals surface area contributed by atoms with Gasteiger partial charge in [0.1, 0.15) is 6.07 Å². The molecule has 1 aromatic carbocycles. The van der Waals surface area contributed by atoms with E-state index in [0.29, 0.717) is 17.8 Å². The number of benzene rings is 1. The van der Waals surface area contributed by atoms with Gasteiger partial charge in [0.2, 0.25) is 0 Å². The number of rotatable bonds is 3. The minimum absolute atomic E-state index is 0.314. The first kappa shape index (κ1) is 12.1. The number of urea groups is 1. The molecule has 0 fully saturated rings. The molecule has 0 aliphatic rings. The normalized spacial score (nSPS) is 9.50. The molecule has 0 aliphatic heterocycles. The molecule has 0 spiro atoms. The molecule has 90 valence electrons. The number of carbonyl (C=O) groups excluding carboxylic acids is 1. The van der Waals surface area contributed by atoms with E-state index in [1.54, 1.807) is 35.6 Å². The van der Waals surface area contributed by atoms with Gasteiger partial charge in [0, 0.05) is 4.88 Å². The summed E-state index contributed by atoms with van der Waals surface area (Å²) in [5.74, 6) is 0. The van der Waals surface area contributed by atoms with Crippen molar-refractivity contribution in [2.75, 3.05) is 5.32 Å². The minimum atomic E-state index is -0.314. The van der Waals surface area contributed by atoms with E-state index in [1.807, 2.05) is 23.6 Å². The number of amides is 2. The fourth-order valence-electron chi connectivity index (χ4n) is 1.44. The lowest BCUT2D eigenvalue weighted by atomic mass is 10.2. The number of nitrogens with one attached hydrogen (secondary N) is 2. The van der Waals surface area contributed by atoms with Crippen LogP contribution < -0.4 is 10.6 Å². The third kappa shape index (κ3) is 3.09. The SMILES string of the molecule is N#Cc1ccccc1NC(=O)NCc1cccs1. The van der Waals surface area contributed by atoms with E-state index in [2.05, 4.69) is 10.6 Å². The van der Waals surface area contributed by atoms with E-state index < -0.39 is 0 Å². The summed E-state index contributed by atoms with van der Waals surface area (Å²) in [6.07, 6.45) is 0. The fourth-order valence-corrected chi connectivity index (χ4v) is 2.08. The van der Waals surface area contributed by atoms with Gasteiger partial charge in [-0.3, -0.25) is 0 Å². The van der Waals surface area contributed by atoms with Crippen LogP contribution in [0.15, 0.2) is 41.8 Å². The molecular weight excluding hydrogens is 246 g/mol. The molecule has 0 saturated carbocycles. The lowest BCUT2D eigenvalue weighted by molar-refractivity contribution is 0.252. The first-order chi connectivity index (χ1) is 8.79. The van der Waals surface area contributed by atoms with Gasteiger partial charge in [-0.15, -0.1) is 11.3 Å². The summed E-state index contributed by atoms with van der Waals surface area (Å²) in [7, 11) is 0. The van der Waals surface area contributed by atoms with Crippen molar-refractivity contribution in [3.8, 4) is 6.07 Å². The zero-order valence-electron chi connectivity index (χ0n) is 9.51. The molecule has 1 heterocycles. The summed E-state index contributed by atoms with van der Waals surface area (Å²) in [6, 6.07) is 12.5. The summed E-state index contributed by atoms with van der Waals surface area (Å²) < 4.78 is 0. The Bertz CT molecular complexity index is 572. The molecular formula is C13H11N3OS. The number of nitrogens with zero attached hydrogens (tertiary/aromatic N) is 1. The van der Waals surface area contributed by atoms with Gasteiger partial charge in [0.15, 0.2) is 0 Å². The van der Waals surface area contributed by atoms with Gasteiger partial charge < -0.3 is 10.6 Å². The van der Waals surface area contributed by atoms with Crippen molar-refractivity contribution >= 4 is 23.1 Å². The summed E-state index contributed by atoms with van der Waals surface area (Å²) in [5.41, 5.74) is 0.965. The number of hydrogen-bond donors (Lipinski definition) is 2. The molecule has 0 atom stereocenters. The summed E-state index contributed by atoms with van der Waals surface area (Å²) in [4.78, 5) is 12.7. The van der Waals surface area contributed by atoms with Gasteiger partial charge >= 0.3 is 6.03 Å². The molecule has 0 unspecified atom stereocenters. The molecule has 0 bridgehead atoms. The predicted molar refractivity (Wildman–Crippen MR) is 71.3 cm³/mol. The van der Waals surface area contributed by atoms with Crippen LogP contribution in [0, 0.1) is 11.3 Å². The average Bonchev–Trinajstić information content (AvgIpc) is 2.90. The van der Waals surface area contributed by atoms with Gasteiger partial charge in [0.25, 0.3) is 0 Å². The van der Waals surface area contributed by atoms with Crippen LogP contribution in [0.4, 0.5) is 10.5 Å². The molecule has 5 heteroatoms. The standard InChI is InChI=1S/C13H11N3OS/c14-8-10-4-1-2-6-12(10)16-13(17)15-9-11-5-3-7-18-11/h1-7H,9H2,(H2,15,16,17). The van der Waals surface area contributed by atoms with E-state index in [4.69, 9.17) is 5.26 Å². The fraction of sp³-hybridized carbons (Fsp3) is 0.0769. The Hall–Kier alpha value is -2.32.